The highest BCUT2D eigenvalue weighted by molar-refractivity contribution is 5.79. The van der Waals surface area contributed by atoms with Crippen LogP contribution in [0, 0.1) is 6.92 Å². The summed E-state index contributed by atoms with van der Waals surface area (Å²) >= 11 is 0. The van der Waals surface area contributed by atoms with Gasteiger partial charge in [0.25, 0.3) is 0 Å². The Kier molecular flexibility index (Phi) is 3.28. The molecule has 0 spiro atoms. The topological polar surface area (TPSA) is 56.2 Å². The highest BCUT2D eigenvalue weighted by atomic mass is 19.4. The van der Waals surface area contributed by atoms with Gasteiger partial charge in [0.1, 0.15) is 0 Å². The Morgan fingerprint density at radius 3 is 2.37 bits per heavy atom. The summed E-state index contributed by atoms with van der Waals surface area (Å²) in [6, 6.07) is 4.69. The van der Waals surface area contributed by atoms with Crippen LogP contribution in [0.4, 0.5) is 19.1 Å². The molecule has 0 saturated carbocycles. The number of hydrogen-bond donors (Lipinski definition) is 1. The Labute approximate surface area is 107 Å². The van der Waals surface area contributed by atoms with Gasteiger partial charge in [-0.2, -0.15) is 18.3 Å². The Morgan fingerprint density at radius 2 is 1.89 bits per heavy atom. The summed E-state index contributed by atoms with van der Waals surface area (Å²) in [4.78, 5) is 3.95. The molecule has 1 heterocycles. The molecule has 0 fully saturated rings. The van der Waals surface area contributed by atoms with Crippen molar-refractivity contribution in [2.24, 2.45) is 5.10 Å². The van der Waals surface area contributed by atoms with Crippen molar-refractivity contribution in [2.45, 2.75) is 13.1 Å². The number of nitrogen functional groups attached to an aromatic ring is 1. The fourth-order valence-electron chi connectivity index (χ4n) is 1.48. The van der Waals surface area contributed by atoms with Gasteiger partial charge in [0, 0.05) is 0 Å². The molecule has 2 rings (SSSR count). The van der Waals surface area contributed by atoms with Crippen molar-refractivity contribution in [2.75, 3.05) is 5.73 Å². The van der Waals surface area contributed by atoms with Crippen LogP contribution in [0.15, 0.2) is 35.6 Å². The fraction of sp³-hybridized carbons (Fsp3) is 0.167. The van der Waals surface area contributed by atoms with E-state index in [-0.39, 0.29) is 5.95 Å². The summed E-state index contributed by atoms with van der Waals surface area (Å²) in [5.74, 6) is 0.223. The standard InChI is InChI=1S/C12H11F3N4/c1-8-7-19(11(16)18-8)17-6-9-2-4-10(5-3-9)12(13,14)15/h2-7H,1H3,(H2,16,18). The number of rotatable bonds is 2. The summed E-state index contributed by atoms with van der Waals surface area (Å²) < 4.78 is 38.4. The Balaban J connectivity index is 2.18. The van der Waals surface area contributed by atoms with Crippen LogP contribution in [-0.4, -0.2) is 15.9 Å². The first-order valence-electron chi connectivity index (χ1n) is 5.39. The zero-order valence-corrected chi connectivity index (χ0v) is 10.0. The van der Waals surface area contributed by atoms with Crippen molar-refractivity contribution in [1.29, 1.82) is 0 Å². The van der Waals surface area contributed by atoms with Crippen molar-refractivity contribution in [3.8, 4) is 0 Å². The largest absolute Gasteiger partial charge is 0.416 e. The predicted molar refractivity (Wildman–Crippen MR) is 65.8 cm³/mol. The molecule has 0 unspecified atom stereocenters. The van der Waals surface area contributed by atoms with Gasteiger partial charge >= 0.3 is 6.18 Å². The van der Waals surface area contributed by atoms with E-state index in [1.165, 1.54) is 23.0 Å². The zero-order valence-electron chi connectivity index (χ0n) is 10.0. The minimum Gasteiger partial charge on any atom is -0.368 e. The average molecular weight is 268 g/mol. The molecule has 0 bridgehead atoms. The molecule has 100 valence electrons. The zero-order chi connectivity index (χ0) is 14.0. The molecule has 0 radical (unpaired) electrons. The lowest BCUT2D eigenvalue weighted by Gasteiger charge is -2.05. The quantitative estimate of drug-likeness (QED) is 0.851. The first-order valence-corrected chi connectivity index (χ1v) is 5.39. The number of aryl methyl sites for hydroxylation is 1. The van der Waals surface area contributed by atoms with E-state index >= 15 is 0 Å². The van der Waals surface area contributed by atoms with Crippen molar-refractivity contribution in [3.05, 3.63) is 47.3 Å². The summed E-state index contributed by atoms with van der Waals surface area (Å²) in [6.45, 7) is 1.76. The molecular weight excluding hydrogens is 257 g/mol. The second-order valence-electron chi connectivity index (χ2n) is 3.95. The van der Waals surface area contributed by atoms with Gasteiger partial charge in [-0.25, -0.2) is 9.66 Å². The van der Waals surface area contributed by atoms with Crippen LogP contribution in [0.3, 0.4) is 0 Å². The molecule has 0 amide bonds. The Bertz CT molecular complexity index is 596. The fourth-order valence-corrected chi connectivity index (χ4v) is 1.48. The van der Waals surface area contributed by atoms with Crippen LogP contribution >= 0.6 is 0 Å². The smallest absolute Gasteiger partial charge is 0.368 e. The van der Waals surface area contributed by atoms with Crippen LogP contribution in [0.25, 0.3) is 0 Å². The van der Waals surface area contributed by atoms with Crippen molar-refractivity contribution >= 4 is 12.2 Å². The van der Waals surface area contributed by atoms with E-state index in [9.17, 15) is 13.2 Å². The summed E-state index contributed by atoms with van der Waals surface area (Å²) in [5.41, 5.74) is 6.13. The summed E-state index contributed by atoms with van der Waals surface area (Å²) in [6.07, 6.45) is -1.30. The Morgan fingerprint density at radius 1 is 1.26 bits per heavy atom. The number of imidazole rings is 1. The van der Waals surface area contributed by atoms with Gasteiger partial charge in [0.05, 0.1) is 23.7 Å². The molecule has 0 saturated heterocycles. The van der Waals surface area contributed by atoms with Crippen LogP contribution in [0.2, 0.25) is 0 Å². The van der Waals surface area contributed by atoms with Gasteiger partial charge < -0.3 is 5.73 Å². The molecule has 0 aliphatic carbocycles. The summed E-state index contributed by atoms with van der Waals surface area (Å²) in [5, 5.41) is 4.01. The molecule has 1 aromatic heterocycles. The van der Waals surface area contributed by atoms with Crippen LogP contribution in [0.1, 0.15) is 16.8 Å². The third kappa shape index (κ3) is 3.12. The van der Waals surface area contributed by atoms with Gasteiger partial charge in [0.15, 0.2) is 0 Å². The number of halogens is 3. The molecule has 19 heavy (non-hydrogen) atoms. The van der Waals surface area contributed by atoms with Crippen LogP contribution in [0.5, 0.6) is 0 Å². The molecule has 4 nitrogen and oxygen atoms in total. The van der Waals surface area contributed by atoms with E-state index in [1.54, 1.807) is 13.1 Å². The third-order valence-corrected chi connectivity index (χ3v) is 2.40. The molecule has 1 aromatic carbocycles. The lowest BCUT2D eigenvalue weighted by molar-refractivity contribution is -0.137. The number of nitrogens with two attached hydrogens (primary N) is 1. The molecule has 7 heteroatoms. The van der Waals surface area contributed by atoms with E-state index in [0.717, 1.165) is 12.1 Å². The molecule has 0 atom stereocenters. The second kappa shape index (κ2) is 4.75. The van der Waals surface area contributed by atoms with Gasteiger partial charge in [-0.15, -0.1) is 0 Å². The lowest BCUT2D eigenvalue weighted by atomic mass is 10.1. The average Bonchev–Trinajstić information content (AvgIpc) is 2.65. The number of aromatic nitrogens is 2. The van der Waals surface area contributed by atoms with E-state index in [0.29, 0.717) is 11.3 Å². The number of alkyl halides is 3. The maximum Gasteiger partial charge on any atom is 0.416 e. The minimum atomic E-state index is -4.33. The lowest BCUT2D eigenvalue weighted by Crippen LogP contribution is -2.04. The number of hydrogen-bond acceptors (Lipinski definition) is 3. The Hall–Kier alpha value is -2.31. The SMILES string of the molecule is Cc1cn(N=Cc2ccc(C(F)(F)F)cc2)c(N)n1. The van der Waals surface area contributed by atoms with Gasteiger partial charge in [-0.3, -0.25) is 0 Å². The number of benzene rings is 1. The van der Waals surface area contributed by atoms with Gasteiger partial charge in [-0.05, 0) is 24.6 Å². The van der Waals surface area contributed by atoms with Crippen LogP contribution < -0.4 is 5.73 Å². The minimum absolute atomic E-state index is 0.223. The molecular formula is C12H11F3N4. The molecule has 2 aromatic rings. The maximum absolute atomic E-state index is 12.4. The van der Waals surface area contributed by atoms with Gasteiger partial charge in [0.2, 0.25) is 5.95 Å². The van der Waals surface area contributed by atoms with Crippen molar-refractivity contribution in [3.63, 3.8) is 0 Å². The van der Waals surface area contributed by atoms with E-state index in [2.05, 4.69) is 10.1 Å². The van der Waals surface area contributed by atoms with Gasteiger partial charge in [-0.1, -0.05) is 12.1 Å². The highest BCUT2D eigenvalue weighted by Crippen LogP contribution is 2.28. The number of anilines is 1. The predicted octanol–water partition coefficient (Wildman–Crippen LogP) is 2.67. The highest BCUT2D eigenvalue weighted by Gasteiger charge is 2.29. The summed E-state index contributed by atoms with van der Waals surface area (Å²) in [7, 11) is 0. The van der Waals surface area contributed by atoms with E-state index in [4.69, 9.17) is 5.73 Å². The van der Waals surface area contributed by atoms with Crippen molar-refractivity contribution in [1.82, 2.24) is 9.66 Å². The third-order valence-electron chi connectivity index (χ3n) is 2.40. The molecule has 0 aliphatic heterocycles. The van der Waals surface area contributed by atoms with Crippen LogP contribution in [-0.2, 0) is 6.18 Å². The van der Waals surface area contributed by atoms with Crippen molar-refractivity contribution < 1.29 is 13.2 Å². The monoisotopic (exact) mass is 268 g/mol. The van der Waals surface area contributed by atoms with E-state index < -0.39 is 11.7 Å². The number of nitrogens with zero attached hydrogens (tertiary/aromatic N) is 3. The molecule has 0 aliphatic rings. The van der Waals surface area contributed by atoms with E-state index in [1.807, 2.05) is 0 Å². The second-order valence-corrected chi connectivity index (χ2v) is 3.95. The molecule has 2 N–H and O–H groups in total. The first-order chi connectivity index (χ1) is 8.86. The first kappa shape index (κ1) is 13.1. The maximum atomic E-state index is 12.4. The normalized spacial score (nSPS) is 12.2.